The summed E-state index contributed by atoms with van der Waals surface area (Å²) in [6, 6.07) is 6.87. The Morgan fingerprint density at radius 2 is 2.08 bits per heavy atom. The second kappa shape index (κ2) is 7.65. The SMILES string of the molecule is C[C@H]1CCCC[C@H]1NC(=O)CSc1nnnn1-c1ccc(O)cc1. The molecule has 128 valence electrons. The van der Waals surface area contributed by atoms with Gasteiger partial charge in [0.05, 0.1) is 11.4 Å². The molecule has 0 saturated heterocycles. The third-order valence-corrected chi connectivity index (χ3v) is 5.24. The van der Waals surface area contributed by atoms with E-state index in [1.807, 2.05) is 0 Å². The number of hydrogen-bond donors (Lipinski definition) is 2. The molecule has 0 unspecified atom stereocenters. The molecule has 2 atom stereocenters. The topological polar surface area (TPSA) is 92.9 Å². The van der Waals surface area contributed by atoms with Gasteiger partial charge in [-0.25, -0.2) is 0 Å². The molecule has 1 aliphatic carbocycles. The van der Waals surface area contributed by atoms with Crippen LogP contribution in [0.25, 0.3) is 5.69 Å². The van der Waals surface area contributed by atoms with Crippen LogP contribution in [0.1, 0.15) is 32.6 Å². The van der Waals surface area contributed by atoms with Crippen LogP contribution in [-0.2, 0) is 4.79 Å². The molecule has 2 aromatic rings. The lowest BCUT2D eigenvalue weighted by molar-refractivity contribution is -0.119. The van der Waals surface area contributed by atoms with Crippen molar-refractivity contribution in [1.82, 2.24) is 25.5 Å². The summed E-state index contributed by atoms with van der Waals surface area (Å²) in [5, 5.41) is 24.6. The Morgan fingerprint density at radius 3 is 2.83 bits per heavy atom. The molecule has 8 heteroatoms. The quantitative estimate of drug-likeness (QED) is 0.805. The molecule has 0 bridgehead atoms. The Labute approximate surface area is 144 Å². The first-order valence-corrected chi connectivity index (χ1v) is 9.12. The highest BCUT2D eigenvalue weighted by Crippen LogP contribution is 2.24. The molecular weight excluding hydrogens is 326 g/mol. The van der Waals surface area contributed by atoms with Crippen LogP contribution in [0.4, 0.5) is 0 Å². The molecule has 0 aliphatic heterocycles. The lowest BCUT2D eigenvalue weighted by Gasteiger charge is -2.29. The lowest BCUT2D eigenvalue weighted by Crippen LogP contribution is -2.41. The summed E-state index contributed by atoms with van der Waals surface area (Å²) in [5.74, 6) is 1.01. The van der Waals surface area contributed by atoms with E-state index >= 15 is 0 Å². The van der Waals surface area contributed by atoms with Crippen LogP contribution in [-0.4, -0.2) is 43.0 Å². The first-order valence-electron chi connectivity index (χ1n) is 8.13. The van der Waals surface area contributed by atoms with E-state index in [2.05, 4.69) is 27.8 Å². The smallest absolute Gasteiger partial charge is 0.230 e. The zero-order valence-electron chi connectivity index (χ0n) is 13.6. The number of amides is 1. The summed E-state index contributed by atoms with van der Waals surface area (Å²) < 4.78 is 1.56. The van der Waals surface area contributed by atoms with Gasteiger partial charge in [-0.2, -0.15) is 4.68 Å². The van der Waals surface area contributed by atoms with Crippen molar-refractivity contribution in [3.05, 3.63) is 24.3 Å². The summed E-state index contributed by atoms with van der Waals surface area (Å²) in [7, 11) is 0. The van der Waals surface area contributed by atoms with Crippen molar-refractivity contribution in [2.45, 2.75) is 43.8 Å². The normalized spacial score (nSPS) is 20.7. The molecule has 0 radical (unpaired) electrons. The summed E-state index contributed by atoms with van der Waals surface area (Å²) in [5.41, 5.74) is 0.738. The number of tetrazole rings is 1. The standard InChI is InChI=1S/C16H21N5O2S/c1-11-4-2-3-5-14(11)17-15(23)10-24-16-18-19-20-21(16)12-6-8-13(22)9-7-12/h6-9,11,14,22H,2-5,10H2,1H3,(H,17,23)/t11-,14+/m0/s1. The maximum atomic E-state index is 12.2. The van der Waals surface area contributed by atoms with Gasteiger partial charge in [-0.1, -0.05) is 31.5 Å². The maximum Gasteiger partial charge on any atom is 0.230 e. The lowest BCUT2D eigenvalue weighted by atomic mass is 9.86. The van der Waals surface area contributed by atoms with Gasteiger partial charge in [0.15, 0.2) is 0 Å². The number of hydrogen-bond acceptors (Lipinski definition) is 6. The molecule has 3 rings (SSSR count). The zero-order valence-corrected chi connectivity index (χ0v) is 14.4. The van der Waals surface area contributed by atoms with E-state index in [-0.39, 0.29) is 23.5 Å². The van der Waals surface area contributed by atoms with Crippen LogP contribution in [0, 0.1) is 5.92 Å². The number of carbonyl (C=O) groups is 1. The molecule has 1 aromatic heterocycles. The summed E-state index contributed by atoms with van der Waals surface area (Å²) in [6.07, 6.45) is 4.67. The number of aromatic hydroxyl groups is 1. The third-order valence-electron chi connectivity index (χ3n) is 4.33. The fourth-order valence-electron chi connectivity index (χ4n) is 2.93. The molecule has 1 amide bonds. The second-order valence-electron chi connectivity index (χ2n) is 6.11. The van der Waals surface area contributed by atoms with Gasteiger partial charge in [-0.15, -0.1) is 5.10 Å². The van der Waals surface area contributed by atoms with Crippen molar-refractivity contribution < 1.29 is 9.90 Å². The third kappa shape index (κ3) is 4.05. The summed E-state index contributed by atoms with van der Waals surface area (Å²) >= 11 is 1.30. The van der Waals surface area contributed by atoms with Crippen molar-refractivity contribution in [3.8, 4) is 11.4 Å². The molecule has 1 aromatic carbocycles. The zero-order chi connectivity index (χ0) is 16.9. The van der Waals surface area contributed by atoms with Crippen molar-refractivity contribution in [2.75, 3.05) is 5.75 Å². The van der Waals surface area contributed by atoms with Crippen molar-refractivity contribution in [1.29, 1.82) is 0 Å². The number of thioether (sulfide) groups is 1. The van der Waals surface area contributed by atoms with Crippen LogP contribution < -0.4 is 5.32 Å². The number of nitrogens with one attached hydrogen (secondary N) is 1. The fourth-order valence-corrected chi connectivity index (χ4v) is 3.64. The van der Waals surface area contributed by atoms with Crippen molar-refractivity contribution >= 4 is 17.7 Å². The van der Waals surface area contributed by atoms with Crippen LogP contribution in [0.3, 0.4) is 0 Å². The Morgan fingerprint density at radius 1 is 1.33 bits per heavy atom. The molecule has 24 heavy (non-hydrogen) atoms. The highest BCUT2D eigenvalue weighted by atomic mass is 32.2. The van der Waals surface area contributed by atoms with Crippen molar-refractivity contribution in [3.63, 3.8) is 0 Å². The van der Waals surface area contributed by atoms with E-state index in [9.17, 15) is 9.90 Å². The number of nitrogens with zero attached hydrogens (tertiary/aromatic N) is 4. The van der Waals surface area contributed by atoms with Gasteiger partial charge < -0.3 is 10.4 Å². The minimum Gasteiger partial charge on any atom is -0.508 e. The van der Waals surface area contributed by atoms with E-state index in [4.69, 9.17) is 0 Å². The predicted octanol–water partition coefficient (Wildman–Crippen LogP) is 2.15. The minimum atomic E-state index is 0.0130. The van der Waals surface area contributed by atoms with Gasteiger partial charge in [-0.05, 0) is 53.5 Å². The summed E-state index contributed by atoms with van der Waals surface area (Å²) in [4.78, 5) is 12.2. The molecule has 0 spiro atoms. The highest BCUT2D eigenvalue weighted by Gasteiger charge is 2.23. The average Bonchev–Trinajstić information content (AvgIpc) is 3.04. The molecule has 7 nitrogen and oxygen atoms in total. The number of benzene rings is 1. The molecule has 1 heterocycles. The molecule has 1 aliphatic rings. The second-order valence-corrected chi connectivity index (χ2v) is 7.06. The number of carbonyl (C=O) groups excluding carboxylic acids is 1. The van der Waals surface area contributed by atoms with E-state index in [0.717, 1.165) is 12.1 Å². The van der Waals surface area contributed by atoms with E-state index in [0.29, 0.717) is 11.1 Å². The van der Waals surface area contributed by atoms with Crippen LogP contribution in [0.15, 0.2) is 29.4 Å². The first-order chi connectivity index (χ1) is 11.6. The predicted molar refractivity (Wildman–Crippen MR) is 91.1 cm³/mol. The molecule has 1 saturated carbocycles. The van der Waals surface area contributed by atoms with Crippen LogP contribution >= 0.6 is 11.8 Å². The Hall–Kier alpha value is -2.09. The number of phenolic OH excluding ortho intramolecular Hbond substituents is 1. The van der Waals surface area contributed by atoms with Gasteiger partial charge in [-0.3, -0.25) is 4.79 Å². The van der Waals surface area contributed by atoms with Gasteiger partial charge >= 0.3 is 0 Å². The van der Waals surface area contributed by atoms with Crippen molar-refractivity contribution in [2.24, 2.45) is 5.92 Å². The summed E-state index contributed by atoms with van der Waals surface area (Å²) in [6.45, 7) is 2.20. The maximum absolute atomic E-state index is 12.2. The first kappa shape index (κ1) is 16.8. The number of aromatic nitrogens is 4. The van der Waals surface area contributed by atoms with Crippen LogP contribution in [0.5, 0.6) is 5.75 Å². The monoisotopic (exact) mass is 347 g/mol. The largest absolute Gasteiger partial charge is 0.508 e. The average molecular weight is 347 g/mol. The fraction of sp³-hybridized carbons (Fsp3) is 0.500. The molecule has 1 fully saturated rings. The van der Waals surface area contributed by atoms with E-state index < -0.39 is 0 Å². The Bertz CT molecular complexity index is 688. The van der Waals surface area contributed by atoms with Crippen LogP contribution in [0.2, 0.25) is 0 Å². The number of rotatable bonds is 5. The molecular formula is C16H21N5O2S. The van der Waals surface area contributed by atoms with E-state index in [1.54, 1.807) is 28.9 Å². The van der Waals surface area contributed by atoms with Gasteiger partial charge in [0.2, 0.25) is 11.1 Å². The van der Waals surface area contributed by atoms with Gasteiger partial charge in [0.1, 0.15) is 5.75 Å². The highest BCUT2D eigenvalue weighted by molar-refractivity contribution is 7.99. The number of phenols is 1. The molecule has 2 N–H and O–H groups in total. The van der Waals surface area contributed by atoms with E-state index in [1.165, 1.54) is 31.0 Å². The Kier molecular flexibility index (Phi) is 5.34. The minimum absolute atomic E-state index is 0.0130. The van der Waals surface area contributed by atoms with Gasteiger partial charge in [0.25, 0.3) is 0 Å². The Balaban J connectivity index is 1.58. The van der Waals surface area contributed by atoms with Gasteiger partial charge in [0, 0.05) is 6.04 Å².